The molecule has 4 nitrogen and oxygen atoms in total. The monoisotopic (exact) mass is 250 g/mol. The van der Waals surface area contributed by atoms with Gasteiger partial charge in [0.25, 0.3) is 0 Å². The van der Waals surface area contributed by atoms with Crippen LogP contribution in [-0.4, -0.2) is 17.6 Å². The Kier molecular flexibility index (Phi) is 6.39. The highest BCUT2D eigenvalue weighted by molar-refractivity contribution is 5.91. The smallest absolute Gasteiger partial charge is 0.224 e. The normalized spacial score (nSPS) is 12.2. The van der Waals surface area contributed by atoms with Gasteiger partial charge in [-0.15, -0.1) is 0 Å². The number of anilines is 1. The Morgan fingerprint density at radius 2 is 2.11 bits per heavy atom. The van der Waals surface area contributed by atoms with E-state index in [0.29, 0.717) is 24.6 Å². The fraction of sp³-hybridized carbons (Fsp3) is 0.500. The lowest BCUT2D eigenvalue weighted by Gasteiger charge is -2.11. The average Bonchev–Trinajstić information content (AvgIpc) is 2.37. The van der Waals surface area contributed by atoms with Crippen LogP contribution in [0, 0.1) is 5.92 Å². The largest absolute Gasteiger partial charge is 0.392 e. The van der Waals surface area contributed by atoms with Crippen molar-refractivity contribution >= 4 is 11.6 Å². The molecule has 0 saturated carbocycles. The predicted molar refractivity (Wildman–Crippen MR) is 73.1 cm³/mol. The number of para-hydroxylation sites is 1. The molecule has 1 aromatic carbocycles. The van der Waals surface area contributed by atoms with Gasteiger partial charge in [0.05, 0.1) is 6.61 Å². The number of benzene rings is 1. The molecule has 0 aliphatic rings. The first-order valence-corrected chi connectivity index (χ1v) is 6.36. The number of hydrogen-bond donors (Lipinski definition) is 3. The van der Waals surface area contributed by atoms with Crippen LogP contribution in [0.25, 0.3) is 0 Å². The van der Waals surface area contributed by atoms with Crippen LogP contribution in [0.15, 0.2) is 24.3 Å². The summed E-state index contributed by atoms with van der Waals surface area (Å²) >= 11 is 0. The van der Waals surface area contributed by atoms with Crippen LogP contribution >= 0.6 is 0 Å². The molecule has 0 aliphatic heterocycles. The Labute approximate surface area is 108 Å². The number of nitrogens with two attached hydrogens (primary N) is 1. The molecular formula is C14H22N2O2. The molecule has 0 bridgehead atoms. The lowest BCUT2D eigenvalue weighted by atomic mass is 10.0. The van der Waals surface area contributed by atoms with Gasteiger partial charge in [0, 0.05) is 17.7 Å². The van der Waals surface area contributed by atoms with Gasteiger partial charge in [-0.25, -0.2) is 0 Å². The van der Waals surface area contributed by atoms with Crippen molar-refractivity contribution in [2.45, 2.75) is 32.8 Å². The van der Waals surface area contributed by atoms with Gasteiger partial charge < -0.3 is 16.2 Å². The first kappa shape index (κ1) is 14.7. The second-order valence-electron chi connectivity index (χ2n) is 4.58. The van der Waals surface area contributed by atoms with Crippen LogP contribution in [0.3, 0.4) is 0 Å². The van der Waals surface area contributed by atoms with Crippen LogP contribution in [0.1, 0.15) is 31.7 Å². The molecule has 1 amide bonds. The molecule has 0 saturated heterocycles. The van der Waals surface area contributed by atoms with Crippen LogP contribution in [0.5, 0.6) is 0 Å². The fourth-order valence-electron chi connectivity index (χ4n) is 1.80. The summed E-state index contributed by atoms with van der Waals surface area (Å²) in [4.78, 5) is 11.8. The summed E-state index contributed by atoms with van der Waals surface area (Å²) in [7, 11) is 0. The molecule has 1 aromatic rings. The maximum Gasteiger partial charge on any atom is 0.224 e. The lowest BCUT2D eigenvalue weighted by molar-refractivity contribution is -0.116. The molecule has 0 aliphatic carbocycles. The minimum absolute atomic E-state index is 0.0141. The Hall–Kier alpha value is -1.39. The second-order valence-corrected chi connectivity index (χ2v) is 4.58. The highest BCUT2D eigenvalue weighted by atomic mass is 16.3. The predicted octanol–water partition coefficient (Wildman–Crippen LogP) is 1.88. The topological polar surface area (TPSA) is 75.4 Å². The maximum absolute atomic E-state index is 11.8. The Morgan fingerprint density at radius 1 is 1.39 bits per heavy atom. The standard InChI is InChI=1S/C14H22N2O2/c1-11(8-9-15)6-7-14(18)16-13-5-3-2-4-12(13)10-17/h2-5,11,17H,6-10,15H2,1H3,(H,16,18). The van der Waals surface area contributed by atoms with Gasteiger partial charge in [-0.3, -0.25) is 4.79 Å². The molecule has 100 valence electrons. The summed E-state index contributed by atoms with van der Waals surface area (Å²) in [5, 5.41) is 12.0. The van der Waals surface area contributed by atoms with Gasteiger partial charge in [0.15, 0.2) is 0 Å². The molecule has 1 rings (SSSR count). The molecule has 1 atom stereocenters. The van der Waals surface area contributed by atoms with Gasteiger partial charge in [0.1, 0.15) is 0 Å². The number of carbonyl (C=O) groups is 1. The van der Waals surface area contributed by atoms with E-state index in [1.165, 1.54) is 0 Å². The quantitative estimate of drug-likeness (QED) is 0.691. The molecule has 18 heavy (non-hydrogen) atoms. The van der Waals surface area contributed by atoms with Crippen LogP contribution in [0.2, 0.25) is 0 Å². The molecular weight excluding hydrogens is 228 g/mol. The minimum atomic E-state index is -0.0694. The SMILES string of the molecule is CC(CCN)CCC(=O)Nc1ccccc1CO. The van der Waals surface area contributed by atoms with E-state index in [0.717, 1.165) is 18.4 Å². The van der Waals surface area contributed by atoms with E-state index in [2.05, 4.69) is 12.2 Å². The number of aliphatic hydroxyl groups excluding tert-OH is 1. The molecule has 0 heterocycles. The fourth-order valence-corrected chi connectivity index (χ4v) is 1.80. The number of hydrogen-bond acceptors (Lipinski definition) is 3. The van der Waals surface area contributed by atoms with E-state index in [4.69, 9.17) is 10.8 Å². The van der Waals surface area contributed by atoms with Crippen LogP contribution < -0.4 is 11.1 Å². The zero-order valence-electron chi connectivity index (χ0n) is 10.9. The molecule has 0 fully saturated rings. The molecule has 4 heteroatoms. The molecule has 0 radical (unpaired) electrons. The van der Waals surface area contributed by atoms with Crippen molar-refractivity contribution in [3.63, 3.8) is 0 Å². The first-order valence-electron chi connectivity index (χ1n) is 6.36. The van der Waals surface area contributed by atoms with E-state index in [1.54, 1.807) is 12.1 Å². The zero-order chi connectivity index (χ0) is 13.4. The third-order valence-corrected chi connectivity index (χ3v) is 2.99. The third kappa shape index (κ3) is 4.85. The van der Waals surface area contributed by atoms with E-state index >= 15 is 0 Å². The number of aliphatic hydroxyl groups is 1. The number of nitrogens with one attached hydrogen (secondary N) is 1. The Balaban J connectivity index is 2.44. The van der Waals surface area contributed by atoms with E-state index in [-0.39, 0.29) is 12.5 Å². The van der Waals surface area contributed by atoms with Crippen molar-refractivity contribution in [2.75, 3.05) is 11.9 Å². The summed E-state index contributed by atoms with van der Waals surface area (Å²) in [6, 6.07) is 7.27. The maximum atomic E-state index is 11.8. The number of amides is 1. The van der Waals surface area contributed by atoms with Crippen molar-refractivity contribution in [3.05, 3.63) is 29.8 Å². The summed E-state index contributed by atoms with van der Waals surface area (Å²) in [5.41, 5.74) is 6.90. The van der Waals surface area contributed by atoms with Gasteiger partial charge in [0.2, 0.25) is 5.91 Å². The van der Waals surface area contributed by atoms with E-state index in [1.807, 2.05) is 12.1 Å². The van der Waals surface area contributed by atoms with E-state index in [9.17, 15) is 4.79 Å². The summed E-state index contributed by atoms with van der Waals surface area (Å²) < 4.78 is 0. The average molecular weight is 250 g/mol. The van der Waals surface area contributed by atoms with Gasteiger partial charge in [-0.2, -0.15) is 0 Å². The first-order chi connectivity index (χ1) is 8.67. The molecule has 1 unspecified atom stereocenters. The summed E-state index contributed by atoms with van der Waals surface area (Å²) in [5.74, 6) is 0.452. The molecule has 4 N–H and O–H groups in total. The van der Waals surface area contributed by atoms with Crippen molar-refractivity contribution in [1.82, 2.24) is 0 Å². The van der Waals surface area contributed by atoms with Crippen LogP contribution in [-0.2, 0) is 11.4 Å². The van der Waals surface area contributed by atoms with Crippen molar-refractivity contribution in [1.29, 1.82) is 0 Å². The van der Waals surface area contributed by atoms with E-state index < -0.39 is 0 Å². The Bertz CT molecular complexity index is 380. The second kappa shape index (κ2) is 7.84. The lowest BCUT2D eigenvalue weighted by Crippen LogP contribution is -2.15. The number of rotatable bonds is 7. The Morgan fingerprint density at radius 3 is 2.78 bits per heavy atom. The van der Waals surface area contributed by atoms with Gasteiger partial charge >= 0.3 is 0 Å². The highest BCUT2D eigenvalue weighted by Gasteiger charge is 2.08. The summed E-state index contributed by atoms with van der Waals surface area (Å²) in [6.07, 6.45) is 2.27. The van der Waals surface area contributed by atoms with Crippen LogP contribution in [0.4, 0.5) is 5.69 Å². The summed E-state index contributed by atoms with van der Waals surface area (Å²) in [6.45, 7) is 2.69. The zero-order valence-corrected chi connectivity index (χ0v) is 10.9. The highest BCUT2D eigenvalue weighted by Crippen LogP contribution is 2.16. The van der Waals surface area contributed by atoms with Gasteiger partial charge in [-0.1, -0.05) is 25.1 Å². The minimum Gasteiger partial charge on any atom is -0.392 e. The van der Waals surface area contributed by atoms with Crippen molar-refractivity contribution in [3.8, 4) is 0 Å². The molecule has 0 spiro atoms. The third-order valence-electron chi connectivity index (χ3n) is 2.99. The van der Waals surface area contributed by atoms with Gasteiger partial charge in [-0.05, 0) is 31.4 Å². The van der Waals surface area contributed by atoms with Crippen molar-refractivity contribution < 1.29 is 9.90 Å². The number of carbonyl (C=O) groups excluding carboxylic acids is 1. The molecule has 0 aromatic heterocycles. The van der Waals surface area contributed by atoms with Crippen molar-refractivity contribution in [2.24, 2.45) is 11.7 Å².